The molecule has 1 aromatic carbocycles. The Morgan fingerprint density at radius 2 is 1.91 bits per heavy atom. The summed E-state index contributed by atoms with van der Waals surface area (Å²) in [5.74, 6) is -0.645. The number of imide groups is 1. The maximum Gasteiger partial charge on any atom is 0.338 e. The predicted octanol–water partition coefficient (Wildman–Crippen LogP) is 3.24. The van der Waals surface area contributed by atoms with Crippen LogP contribution in [0.4, 0.5) is 4.79 Å². The zero-order valence-corrected chi connectivity index (χ0v) is 18.9. The van der Waals surface area contributed by atoms with Gasteiger partial charge in [-0.05, 0) is 49.9 Å². The number of urea groups is 1. The van der Waals surface area contributed by atoms with Gasteiger partial charge >= 0.3 is 12.0 Å². The van der Waals surface area contributed by atoms with E-state index in [1.807, 2.05) is 19.9 Å². The second-order valence-electron chi connectivity index (χ2n) is 8.46. The Kier molecular flexibility index (Phi) is 7.12. The van der Waals surface area contributed by atoms with E-state index in [1.165, 1.54) is 0 Å². The normalized spacial score (nSPS) is 13.6. The molecule has 2 heterocycles. The molecule has 0 spiro atoms. The summed E-state index contributed by atoms with van der Waals surface area (Å²) in [6.07, 6.45) is 1.01. The molecule has 1 aliphatic heterocycles. The van der Waals surface area contributed by atoms with Crippen LogP contribution in [0.2, 0.25) is 0 Å². The Hall–Kier alpha value is -3.42. The molecule has 0 bridgehead atoms. The number of benzene rings is 1. The number of nitrogens with zero attached hydrogens (tertiary/aromatic N) is 2. The molecule has 1 aliphatic rings. The maximum absolute atomic E-state index is 12.7. The third-order valence-electron chi connectivity index (χ3n) is 5.58. The molecule has 32 heavy (non-hydrogen) atoms. The number of ether oxygens (including phenoxy) is 1. The second-order valence-corrected chi connectivity index (χ2v) is 8.46. The fraction of sp³-hybridized carbons (Fsp3) is 0.417. The van der Waals surface area contributed by atoms with Crippen LogP contribution >= 0.6 is 0 Å². The Morgan fingerprint density at radius 3 is 2.56 bits per heavy atom. The van der Waals surface area contributed by atoms with Crippen molar-refractivity contribution in [2.24, 2.45) is 5.92 Å². The molecule has 0 unspecified atom stereocenters. The number of esters is 1. The summed E-state index contributed by atoms with van der Waals surface area (Å²) in [6, 6.07) is 7.87. The topological polar surface area (TPSA) is 97.7 Å². The summed E-state index contributed by atoms with van der Waals surface area (Å²) in [7, 11) is 0. The zero-order valence-electron chi connectivity index (χ0n) is 18.9. The van der Waals surface area contributed by atoms with Gasteiger partial charge in [-0.25, -0.2) is 9.59 Å². The summed E-state index contributed by atoms with van der Waals surface area (Å²) in [5, 5.41) is 2.46. The van der Waals surface area contributed by atoms with E-state index in [9.17, 15) is 19.2 Å². The highest BCUT2D eigenvalue weighted by Gasteiger charge is 2.28. The van der Waals surface area contributed by atoms with Crippen molar-refractivity contribution in [2.45, 2.75) is 47.2 Å². The van der Waals surface area contributed by atoms with Crippen molar-refractivity contribution in [3.63, 3.8) is 0 Å². The molecule has 8 nitrogen and oxygen atoms in total. The van der Waals surface area contributed by atoms with Crippen LogP contribution in [0, 0.1) is 19.8 Å². The predicted molar refractivity (Wildman–Crippen MR) is 118 cm³/mol. The van der Waals surface area contributed by atoms with E-state index in [-0.39, 0.29) is 37.0 Å². The van der Waals surface area contributed by atoms with Crippen LogP contribution in [0.1, 0.15) is 57.9 Å². The van der Waals surface area contributed by atoms with Gasteiger partial charge in [0.05, 0.1) is 18.7 Å². The number of amides is 3. The smallest absolute Gasteiger partial charge is 0.338 e. The first kappa shape index (κ1) is 23.2. The zero-order chi connectivity index (χ0) is 23.4. The lowest BCUT2D eigenvalue weighted by Crippen LogP contribution is -2.30. The molecule has 1 fully saturated rings. The van der Waals surface area contributed by atoms with E-state index in [1.54, 1.807) is 24.3 Å². The highest BCUT2D eigenvalue weighted by atomic mass is 16.5. The van der Waals surface area contributed by atoms with Crippen molar-refractivity contribution in [3.8, 4) is 0 Å². The fourth-order valence-electron chi connectivity index (χ4n) is 3.70. The van der Waals surface area contributed by atoms with Gasteiger partial charge in [0.2, 0.25) is 11.7 Å². The molecule has 3 amide bonds. The quantitative estimate of drug-likeness (QED) is 0.367. The first-order valence-electron chi connectivity index (χ1n) is 10.7. The lowest BCUT2D eigenvalue weighted by molar-refractivity contribution is -0.125. The first-order chi connectivity index (χ1) is 15.2. The molecule has 3 rings (SSSR count). The summed E-state index contributed by atoms with van der Waals surface area (Å²) >= 11 is 0. The number of aryl methyl sites for hydroxylation is 1. The third kappa shape index (κ3) is 5.25. The van der Waals surface area contributed by atoms with Gasteiger partial charge in [0.15, 0.2) is 6.61 Å². The van der Waals surface area contributed by atoms with E-state index in [2.05, 4.69) is 23.7 Å². The lowest BCUT2D eigenvalue weighted by atomic mass is 10.1. The number of ketones is 1. The van der Waals surface area contributed by atoms with Gasteiger partial charge in [-0.2, -0.15) is 0 Å². The second kappa shape index (κ2) is 9.80. The van der Waals surface area contributed by atoms with Gasteiger partial charge in [-0.3, -0.25) is 14.5 Å². The molecular formula is C24H29N3O5. The summed E-state index contributed by atoms with van der Waals surface area (Å²) < 4.78 is 7.38. The number of hydrogen-bond donors (Lipinski definition) is 1. The van der Waals surface area contributed by atoms with Crippen molar-refractivity contribution in [1.29, 1.82) is 0 Å². The van der Waals surface area contributed by atoms with Crippen LogP contribution in [-0.2, 0) is 22.6 Å². The molecule has 1 aromatic heterocycles. The number of carbonyl (C=O) groups is 4. The summed E-state index contributed by atoms with van der Waals surface area (Å²) in [5.41, 5.74) is 3.31. The highest BCUT2D eigenvalue weighted by Crippen LogP contribution is 2.18. The minimum absolute atomic E-state index is 0.0270. The van der Waals surface area contributed by atoms with Crippen molar-refractivity contribution in [3.05, 3.63) is 58.4 Å². The van der Waals surface area contributed by atoms with Gasteiger partial charge in [-0.1, -0.05) is 26.0 Å². The fourth-order valence-corrected chi connectivity index (χ4v) is 3.70. The lowest BCUT2D eigenvalue weighted by Gasteiger charge is -2.13. The van der Waals surface area contributed by atoms with Crippen LogP contribution in [0.15, 0.2) is 30.3 Å². The molecule has 170 valence electrons. The van der Waals surface area contributed by atoms with Gasteiger partial charge in [0.25, 0.3) is 0 Å². The molecule has 2 aromatic rings. The Balaban J connectivity index is 1.62. The average molecular weight is 440 g/mol. The first-order valence-corrected chi connectivity index (χ1v) is 10.7. The number of Topliss-reactive ketones (excluding diaryl/α,β-unsaturated/α-hetero) is 1. The van der Waals surface area contributed by atoms with Crippen LogP contribution in [0.3, 0.4) is 0 Å². The van der Waals surface area contributed by atoms with Crippen LogP contribution in [0.25, 0.3) is 0 Å². The molecule has 0 aliphatic carbocycles. The van der Waals surface area contributed by atoms with E-state index in [0.717, 1.165) is 29.3 Å². The number of rotatable bonds is 9. The van der Waals surface area contributed by atoms with Crippen molar-refractivity contribution < 1.29 is 23.9 Å². The molecular weight excluding hydrogens is 410 g/mol. The molecule has 0 saturated carbocycles. The number of carbonyl (C=O) groups excluding carboxylic acids is 4. The molecule has 1 N–H and O–H groups in total. The average Bonchev–Trinajstić information content (AvgIpc) is 3.22. The monoisotopic (exact) mass is 439 g/mol. The van der Waals surface area contributed by atoms with Crippen molar-refractivity contribution in [2.75, 3.05) is 13.2 Å². The van der Waals surface area contributed by atoms with Crippen LogP contribution < -0.4 is 5.32 Å². The van der Waals surface area contributed by atoms with Crippen molar-refractivity contribution in [1.82, 2.24) is 14.8 Å². The van der Waals surface area contributed by atoms with Crippen molar-refractivity contribution >= 4 is 23.7 Å². The maximum atomic E-state index is 12.7. The van der Waals surface area contributed by atoms with E-state index < -0.39 is 12.0 Å². The highest BCUT2D eigenvalue weighted by molar-refractivity contribution is 6.02. The number of hydrogen-bond acceptors (Lipinski definition) is 5. The van der Waals surface area contributed by atoms with Gasteiger partial charge in [0.1, 0.15) is 0 Å². The summed E-state index contributed by atoms with van der Waals surface area (Å²) in [4.78, 5) is 49.7. The van der Waals surface area contributed by atoms with Crippen LogP contribution in [-0.4, -0.2) is 46.3 Å². The van der Waals surface area contributed by atoms with Crippen LogP contribution in [0.5, 0.6) is 0 Å². The Labute approximate surface area is 187 Å². The largest absolute Gasteiger partial charge is 0.454 e. The van der Waals surface area contributed by atoms with Gasteiger partial charge in [0, 0.05) is 23.5 Å². The SMILES string of the molecule is Cc1cc(C(=O)COC(=O)c2cccc(CN3C(=O)CNC3=O)c2)c(C)n1CCC(C)C. The minimum Gasteiger partial charge on any atom is -0.454 e. The Morgan fingerprint density at radius 1 is 1.16 bits per heavy atom. The van der Waals surface area contributed by atoms with E-state index in [0.29, 0.717) is 17.0 Å². The van der Waals surface area contributed by atoms with Gasteiger partial charge in [-0.15, -0.1) is 0 Å². The number of nitrogens with one attached hydrogen (secondary N) is 1. The Bertz CT molecular complexity index is 1040. The van der Waals surface area contributed by atoms with Gasteiger partial charge < -0.3 is 14.6 Å². The number of aromatic nitrogens is 1. The van der Waals surface area contributed by atoms with E-state index in [4.69, 9.17) is 4.74 Å². The third-order valence-corrected chi connectivity index (χ3v) is 5.58. The molecule has 8 heteroatoms. The molecule has 0 atom stereocenters. The minimum atomic E-state index is -0.633. The van der Waals surface area contributed by atoms with E-state index >= 15 is 0 Å². The standard InChI is InChI=1S/C24H29N3O5/c1-15(2)8-9-26-16(3)10-20(17(26)4)21(28)14-32-23(30)19-7-5-6-18(11-19)13-27-22(29)12-25-24(27)31/h5-7,10-11,15H,8-9,12-14H2,1-4H3,(H,25,31). The molecule has 0 radical (unpaired) electrons. The summed E-state index contributed by atoms with van der Waals surface area (Å²) in [6.45, 7) is 8.71. The molecule has 1 saturated heterocycles.